The summed E-state index contributed by atoms with van der Waals surface area (Å²) in [5.74, 6) is -0.529. The van der Waals surface area contributed by atoms with E-state index in [0.717, 1.165) is 5.56 Å². The smallest absolute Gasteiger partial charge is 0.262 e. The van der Waals surface area contributed by atoms with Crippen LogP contribution in [0.2, 0.25) is 0 Å². The molecule has 0 aliphatic heterocycles. The molecule has 0 fully saturated rings. The number of nitrogens with zero attached hydrogens (tertiary/aromatic N) is 1. The first kappa shape index (κ1) is 16.4. The number of hydrogen-bond donors (Lipinski definition) is 2. The Morgan fingerprint density at radius 3 is 2.54 bits per heavy atom. The lowest BCUT2D eigenvalue weighted by atomic mass is 10.1. The van der Waals surface area contributed by atoms with Crippen LogP contribution in [0.25, 0.3) is 0 Å². The van der Waals surface area contributed by atoms with Crippen molar-refractivity contribution in [2.24, 2.45) is 0 Å². The molecule has 0 saturated carbocycles. The van der Waals surface area contributed by atoms with Gasteiger partial charge in [0, 0.05) is 18.0 Å². The second kappa shape index (κ2) is 7.85. The van der Waals surface area contributed by atoms with Crippen LogP contribution < -0.4 is 10.6 Å². The van der Waals surface area contributed by atoms with Gasteiger partial charge in [0.25, 0.3) is 5.91 Å². The maximum Gasteiger partial charge on any atom is 0.262 e. The minimum absolute atomic E-state index is 0.250. The standard InChI is InChI=1S/C17H15N3O2S2/c21-15(20-17-18-8-10-24-17)13(11-12-5-2-1-3-6-12)19-16(22)14-7-4-9-23-14/h1-10,13H,11H2,(H,19,22)(H,18,20,21)/t13-/m1/s1. The number of aromatic nitrogens is 1. The van der Waals surface area contributed by atoms with Crippen LogP contribution in [-0.4, -0.2) is 22.8 Å². The van der Waals surface area contributed by atoms with E-state index >= 15 is 0 Å². The molecule has 2 aromatic heterocycles. The van der Waals surface area contributed by atoms with Gasteiger partial charge in [0.2, 0.25) is 5.91 Å². The minimum atomic E-state index is -0.675. The SMILES string of the molecule is O=C(N[C@H](Cc1ccccc1)C(=O)Nc1nccs1)c1cccs1. The molecule has 0 bridgehead atoms. The van der Waals surface area contributed by atoms with Crippen LogP contribution in [0, 0.1) is 0 Å². The number of nitrogens with one attached hydrogen (secondary N) is 2. The number of amides is 2. The second-order valence-electron chi connectivity index (χ2n) is 5.02. The van der Waals surface area contributed by atoms with Crippen LogP contribution in [0.1, 0.15) is 15.2 Å². The lowest BCUT2D eigenvalue weighted by Gasteiger charge is -2.17. The fourth-order valence-electron chi connectivity index (χ4n) is 2.17. The maximum atomic E-state index is 12.6. The van der Waals surface area contributed by atoms with E-state index in [9.17, 15) is 9.59 Å². The van der Waals surface area contributed by atoms with Crippen molar-refractivity contribution in [1.29, 1.82) is 0 Å². The summed E-state index contributed by atoms with van der Waals surface area (Å²) < 4.78 is 0. The average molecular weight is 357 g/mol. The van der Waals surface area contributed by atoms with Gasteiger partial charge in [-0.25, -0.2) is 4.98 Å². The van der Waals surface area contributed by atoms with Crippen LogP contribution in [0.4, 0.5) is 5.13 Å². The van der Waals surface area contributed by atoms with Crippen LogP contribution in [0.5, 0.6) is 0 Å². The Kier molecular flexibility index (Phi) is 5.35. The Morgan fingerprint density at radius 1 is 1.04 bits per heavy atom. The summed E-state index contributed by atoms with van der Waals surface area (Å²) >= 11 is 2.68. The highest BCUT2D eigenvalue weighted by atomic mass is 32.1. The van der Waals surface area contributed by atoms with E-state index in [-0.39, 0.29) is 11.8 Å². The number of carbonyl (C=O) groups is 2. The van der Waals surface area contributed by atoms with Gasteiger partial charge in [-0.2, -0.15) is 0 Å². The molecule has 5 nitrogen and oxygen atoms in total. The molecule has 7 heteroatoms. The van der Waals surface area contributed by atoms with Gasteiger partial charge in [0.15, 0.2) is 5.13 Å². The van der Waals surface area contributed by atoms with Gasteiger partial charge < -0.3 is 10.6 Å². The summed E-state index contributed by atoms with van der Waals surface area (Å²) in [6, 6.07) is 12.5. The maximum absolute atomic E-state index is 12.6. The van der Waals surface area contributed by atoms with Gasteiger partial charge in [-0.15, -0.1) is 22.7 Å². The van der Waals surface area contributed by atoms with E-state index in [1.54, 1.807) is 23.7 Å². The van der Waals surface area contributed by atoms with Crippen molar-refractivity contribution in [2.45, 2.75) is 12.5 Å². The Hall–Kier alpha value is -2.51. The van der Waals surface area contributed by atoms with E-state index in [2.05, 4.69) is 15.6 Å². The van der Waals surface area contributed by atoms with Gasteiger partial charge in [0.1, 0.15) is 6.04 Å². The predicted octanol–water partition coefficient (Wildman–Crippen LogP) is 3.18. The van der Waals surface area contributed by atoms with Crippen molar-refractivity contribution < 1.29 is 9.59 Å². The van der Waals surface area contributed by atoms with Crippen LogP contribution >= 0.6 is 22.7 Å². The molecule has 2 N–H and O–H groups in total. The molecule has 1 aromatic carbocycles. The van der Waals surface area contributed by atoms with Crippen molar-refractivity contribution in [3.8, 4) is 0 Å². The largest absolute Gasteiger partial charge is 0.339 e. The third kappa shape index (κ3) is 4.27. The number of carbonyl (C=O) groups excluding carboxylic acids is 2. The van der Waals surface area contributed by atoms with Crippen molar-refractivity contribution in [3.63, 3.8) is 0 Å². The quantitative estimate of drug-likeness (QED) is 0.712. The fourth-order valence-corrected chi connectivity index (χ4v) is 3.33. The van der Waals surface area contributed by atoms with Crippen molar-refractivity contribution in [3.05, 3.63) is 69.9 Å². The van der Waals surface area contributed by atoms with E-state index in [1.165, 1.54) is 22.7 Å². The molecule has 0 spiro atoms. The number of thiophene rings is 1. The number of benzene rings is 1. The van der Waals surface area contributed by atoms with Crippen LogP contribution in [0.15, 0.2) is 59.4 Å². The first-order chi connectivity index (χ1) is 11.7. The third-order valence-electron chi connectivity index (χ3n) is 3.31. The number of rotatable bonds is 6. The number of anilines is 1. The Bertz CT molecular complexity index is 787. The van der Waals surface area contributed by atoms with Gasteiger partial charge in [0.05, 0.1) is 4.88 Å². The zero-order chi connectivity index (χ0) is 16.8. The molecule has 0 unspecified atom stereocenters. The highest BCUT2D eigenvalue weighted by Crippen LogP contribution is 2.13. The normalized spacial score (nSPS) is 11.7. The van der Waals surface area contributed by atoms with Gasteiger partial charge in [-0.3, -0.25) is 9.59 Å². The fraction of sp³-hybridized carbons (Fsp3) is 0.118. The molecular weight excluding hydrogens is 342 g/mol. The van der Waals surface area contributed by atoms with Crippen LogP contribution in [-0.2, 0) is 11.2 Å². The number of thiazole rings is 1. The second-order valence-corrected chi connectivity index (χ2v) is 6.86. The van der Waals surface area contributed by atoms with E-state index in [1.807, 2.05) is 35.7 Å². The summed E-state index contributed by atoms with van der Waals surface area (Å²) in [6.45, 7) is 0. The molecule has 24 heavy (non-hydrogen) atoms. The zero-order valence-electron chi connectivity index (χ0n) is 12.6. The molecule has 3 aromatic rings. The molecule has 0 saturated heterocycles. The molecule has 2 heterocycles. The Labute approximate surface area is 147 Å². The Morgan fingerprint density at radius 2 is 1.88 bits per heavy atom. The van der Waals surface area contributed by atoms with Crippen LogP contribution in [0.3, 0.4) is 0 Å². The lowest BCUT2D eigenvalue weighted by Crippen LogP contribution is -2.45. The van der Waals surface area contributed by atoms with E-state index in [4.69, 9.17) is 0 Å². The van der Waals surface area contributed by atoms with Gasteiger partial charge >= 0.3 is 0 Å². The lowest BCUT2D eigenvalue weighted by molar-refractivity contribution is -0.118. The summed E-state index contributed by atoms with van der Waals surface area (Å²) in [4.78, 5) is 29.5. The molecule has 0 aliphatic rings. The molecule has 0 aliphatic carbocycles. The molecule has 0 radical (unpaired) electrons. The van der Waals surface area contributed by atoms with Gasteiger partial charge in [-0.05, 0) is 17.0 Å². The summed E-state index contributed by atoms with van der Waals surface area (Å²) in [6.07, 6.45) is 2.03. The van der Waals surface area contributed by atoms with E-state index in [0.29, 0.717) is 16.4 Å². The van der Waals surface area contributed by atoms with Crippen molar-refractivity contribution in [2.75, 3.05) is 5.32 Å². The minimum Gasteiger partial charge on any atom is -0.339 e. The monoisotopic (exact) mass is 357 g/mol. The summed E-state index contributed by atoms with van der Waals surface area (Å²) in [7, 11) is 0. The topological polar surface area (TPSA) is 71.1 Å². The Balaban J connectivity index is 1.74. The third-order valence-corrected chi connectivity index (χ3v) is 4.87. The van der Waals surface area contributed by atoms with Crippen molar-refractivity contribution >= 4 is 39.6 Å². The zero-order valence-corrected chi connectivity index (χ0v) is 14.3. The average Bonchev–Trinajstić information content (AvgIpc) is 3.29. The molecule has 122 valence electrons. The van der Waals surface area contributed by atoms with E-state index < -0.39 is 6.04 Å². The molecule has 3 rings (SSSR count). The first-order valence-corrected chi connectivity index (χ1v) is 9.07. The molecular formula is C17H15N3O2S2. The molecule has 1 atom stereocenters. The van der Waals surface area contributed by atoms with Crippen molar-refractivity contribution in [1.82, 2.24) is 10.3 Å². The predicted molar refractivity (Wildman–Crippen MR) is 96.5 cm³/mol. The summed E-state index contributed by atoms with van der Waals surface area (Å²) in [5.41, 5.74) is 0.975. The summed E-state index contributed by atoms with van der Waals surface area (Å²) in [5, 5.41) is 9.70. The number of hydrogen-bond acceptors (Lipinski definition) is 5. The highest BCUT2D eigenvalue weighted by molar-refractivity contribution is 7.13. The van der Waals surface area contributed by atoms with Gasteiger partial charge in [-0.1, -0.05) is 36.4 Å². The highest BCUT2D eigenvalue weighted by Gasteiger charge is 2.23. The first-order valence-electron chi connectivity index (χ1n) is 7.31. The molecule has 2 amide bonds.